The summed E-state index contributed by atoms with van der Waals surface area (Å²) in [5.41, 5.74) is 2.06. The van der Waals surface area contributed by atoms with E-state index < -0.39 is 7.52 Å². The van der Waals surface area contributed by atoms with Gasteiger partial charge in [0, 0.05) is 12.1 Å². The van der Waals surface area contributed by atoms with Crippen molar-refractivity contribution in [2.45, 2.75) is 77.1 Å². The molecule has 0 bridgehead atoms. The molecule has 0 radical (unpaired) electrons. The first-order valence-corrected chi connectivity index (χ1v) is 12.8. The van der Waals surface area contributed by atoms with Crippen LogP contribution in [0.4, 0.5) is 0 Å². The summed E-state index contributed by atoms with van der Waals surface area (Å²) < 4.78 is 23.7. The van der Waals surface area contributed by atoms with Crippen molar-refractivity contribution in [1.82, 2.24) is 4.67 Å². The number of benzene rings is 2. The van der Waals surface area contributed by atoms with E-state index in [2.05, 4.69) is 68.8 Å². The maximum Gasteiger partial charge on any atom is 0.280 e. The van der Waals surface area contributed by atoms with Crippen LogP contribution in [0.1, 0.15) is 70.2 Å². The van der Waals surface area contributed by atoms with Crippen LogP contribution in [0.25, 0.3) is 0 Å². The number of rotatable bonds is 8. The molecule has 0 unspecified atom stereocenters. The highest BCUT2D eigenvalue weighted by Crippen LogP contribution is 2.69. The standard InChI is InChI=1S/C25H36NO2P/c1-5-25(6-2,7-3)26-19-18-21(4)28-29(26,27)24(23-16-12-9-13-17-23)20-22-14-10-8-11-15-22/h8-17,21,24H,5-7,18-20H2,1-4H3/t21-,24+,29+/m0/s1. The van der Waals surface area contributed by atoms with E-state index in [1.54, 1.807) is 0 Å². The van der Waals surface area contributed by atoms with Gasteiger partial charge in [0.2, 0.25) is 0 Å². The topological polar surface area (TPSA) is 29.5 Å². The molecule has 0 amide bonds. The van der Waals surface area contributed by atoms with E-state index in [0.29, 0.717) is 0 Å². The fourth-order valence-corrected chi connectivity index (χ4v) is 8.44. The smallest absolute Gasteiger partial charge is 0.280 e. The summed E-state index contributed by atoms with van der Waals surface area (Å²) >= 11 is 0. The van der Waals surface area contributed by atoms with E-state index in [1.807, 2.05) is 24.3 Å². The molecule has 3 rings (SSSR count). The Morgan fingerprint density at radius 1 is 1.00 bits per heavy atom. The van der Waals surface area contributed by atoms with Crippen molar-refractivity contribution < 1.29 is 9.09 Å². The Balaban J connectivity index is 2.11. The molecular formula is C25H36NO2P. The zero-order valence-corrected chi connectivity index (χ0v) is 19.3. The highest BCUT2D eigenvalue weighted by Gasteiger charge is 2.51. The van der Waals surface area contributed by atoms with Crippen LogP contribution in [0.15, 0.2) is 60.7 Å². The molecule has 3 atom stereocenters. The van der Waals surface area contributed by atoms with Gasteiger partial charge in [0.15, 0.2) is 0 Å². The monoisotopic (exact) mass is 413 g/mol. The molecule has 2 aromatic carbocycles. The molecule has 158 valence electrons. The lowest BCUT2D eigenvalue weighted by atomic mass is 9.89. The van der Waals surface area contributed by atoms with Gasteiger partial charge in [-0.25, -0.2) is 4.67 Å². The Morgan fingerprint density at radius 3 is 2.10 bits per heavy atom. The van der Waals surface area contributed by atoms with E-state index in [0.717, 1.165) is 44.2 Å². The number of nitrogens with zero attached hydrogens (tertiary/aromatic N) is 1. The third-order valence-corrected chi connectivity index (χ3v) is 10.0. The van der Waals surface area contributed by atoms with Gasteiger partial charge >= 0.3 is 0 Å². The zero-order chi connectivity index (χ0) is 20.9. The maximum absolute atomic E-state index is 14.9. The molecule has 4 heteroatoms. The lowest BCUT2D eigenvalue weighted by Gasteiger charge is -2.51. The first-order chi connectivity index (χ1) is 14.0. The Morgan fingerprint density at radius 2 is 1.55 bits per heavy atom. The van der Waals surface area contributed by atoms with Gasteiger partial charge in [-0.05, 0) is 50.2 Å². The summed E-state index contributed by atoms with van der Waals surface area (Å²) in [5.74, 6) is 0. The summed E-state index contributed by atoms with van der Waals surface area (Å²) in [5, 5.41) is 0. The molecule has 2 aromatic rings. The van der Waals surface area contributed by atoms with E-state index in [-0.39, 0.29) is 17.3 Å². The Labute approximate surface area is 177 Å². The van der Waals surface area contributed by atoms with Gasteiger partial charge in [-0.3, -0.25) is 4.57 Å². The zero-order valence-electron chi connectivity index (χ0n) is 18.4. The molecule has 0 aliphatic carbocycles. The van der Waals surface area contributed by atoms with E-state index >= 15 is 0 Å². The molecule has 29 heavy (non-hydrogen) atoms. The van der Waals surface area contributed by atoms with Crippen LogP contribution in [0, 0.1) is 0 Å². The minimum atomic E-state index is -3.11. The third-order valence-electron chi connectivity index (χ3n) is 6.79. The van der Waals surface area contributed by atoms with Crippen LogP contribution in [0.2, 0.25) is 0 Å². The minimum absolute atomic E-state index is 0.0161. The summed E-state index contributed by atoms with van der Waals surface area (Å²) in [6, 6.07) is 20.8. The fraction of sp³-hybridized carbons (Fsp3) is 0.520. The van der Waals surface area contributed by atoms with Gasteiger partial charge in [-0.15, -0.1) is 0 Å². The van der Waals surface area contributed by atoms with Crippen molar-refractivity contribution in [1.29, 1.82) is 0 Å². The van der Waals surface area contributed by atoms with E-state index in [1.165, 1.54) is 5.56 Å². The van der Waals surface area contributed by atoms with Crippen LogP contribution in [-0.2, 0) is 15.5 Å². The normalized spacial score (nSPS) is 24.3. The molecule has 3 nitrogen and oxygen atoms in total. The van der Waals surface area contributed by atoms with E-state index in [9.17, 15) is 4.57 Å². The third kappa shape index (κ3) is 4.53. The van der Waals surface area contributed by atoms with Gasteiger partial charge in [0.25, 0.3) is 7.52 Å². The first kappa shape index (κ1) is 22.3. The minimum Gasteiger partial charge on any atom is -0.314 e. The predicted molar refractivity (Wildman–Crippen MR) is 122 cm³/mol. The predicted octanol–water partition coefficient (Wildman–Crippen LogP) is 7.24. The van der Waals surface area contributed by atoms with Crippen LogP contribution in [0.3, 0.4) is 0 Å². The van der Waals surface area contributed by atoms with Gasteiger partial charge in [0.05, 0.1) is 11.8 Å². The van der Waals surface area contributed by atoms with Gasteiger partial charge in [-0.1, -0.05) is 81.4 Å². The number of hydrogen-bond donors (Lipinski definition) is 0. The summed E-state index contributed by atoms with van der Waals surface area (Å²) in [6.45, 7) is 9.59. The second-order valence-corrected chi connectivity index (χ2v) is 10.7. The SMILES string of the molecule is CCC(CC)(CC)N1CC[C@H](C)O[P@]1(=O)[C@H](Cc1ccccc1)c1ccccc1. The average molecular weight is 414 g/mol. The summed E-state index contributed by atoms with van der Waals surface area (Å²) in [7, 11) is -3.11. The largest absolute Gasteiger partial charge is 0.314 e. The Kier molecular flexibility index (Phi) is 7.37. The molecule has 0 N–H and O–H groups in total. The van der Waals surface area contributed by atoms with Crippen molar-refractivity contribution in [3.05, 3.63) is 71.8 Å². The molecule has 1 fully saturated rings. The van der Waals surface area contributed by atoms with Gasteiger partial charge in [0.1, 0.15) is 0 Å². The first-order valence-electron chi connectivity index (χ1n) is 11.1. The van der Waals surface area contributed by atoms with Crippen molar-refractivity contribution in [2.75, 3.05) is 6.54 Å². The summed E-state index contributed by atoms with van der Waals surface area (Å²) in [6.07, 6.45) is 4.61. The molecule has 1 saturated heterocycles. The molecular weight excluding hydrogens is 377 g/mol. The molecule has 1 heterocycles. The molecule has 0 aromatic heterocycles. The van der Waals surface area contributed by atoms with Crippen LogP contribution in [-0.4, -0.2) is 22.9 Å². The van der Waals surface area contributed by atoms with Crippen molar-refractivity contribution >= 4 is 7.52 Å². The van der Waals surface area contributed by atoms with Gasteiger partial charge < -0.3 is 4.52 Å². The Bertz CT molecular complexity index is 796. The lowest BCUT2D eigenvalue weighted by Crippen LogP contribution is -2.50. The van der Waals surface area contributed by atoms with Crippen LogP contribution in [0.5, 0.6) is 0 Å². The maximum atomic E-state index is 14.9. The lowest BCUT2D eigenvalue weighted by molar-refractivity contribution is 0.0654. The number of hydrogen-bond acceptors (Lipinski definition) is 2. The second kappa shape index (κ2) is 9.60. The summed E-state index contributed by atoms with van der Waals surface area (Å²) in [4.78, 5) is 0. The van der Waals surface area contributed by atoms with Gasteiger partial charge in [-0.2, -0.15) is 0 Å². The van der Waals surface area contributed by atoms with Crippen molar-refractivity contribution in [3.63, 3.8) is 0 Å². The van der Waals surface area contributed by atoms with Crippen molar-refractivity contribution in [3.8, 4) is 0 Å². The quantitative estimate of drug-likeness (QED) is 0.427. The molecule has 1 aliphatic heterocycles. The second-order valence-electron chi connectivity index (χ2n) is 8.29. The van der Waals surface area contributed by atoms with E-state index in [4.69, 9.17) is 4.52 Å². The highest BCUT2D eigenvalue weighted by atomic mass is 31.2. The molecule has 0 spiro atoms. The Hall–Kier alpha value is -1.41. The fourth-order valence-electron chi connectivity index (χ4n) is 4.82. The molecule has 1 aliphatic rings. The highest BCUT2D eigenvalue weighted by molar-refractivity contribution is 7.57. The molecule has 0 saturated carbocycles. The van der Waals surface area contributed by atoms with Crippen molar-refractivity contribution in [2.24, 2.45) is 0 Å². The van der Waals surface area contributed by atoms with Crippen LogP contribution < -0.4 is 0 Å². The van der Waals surface area contributed by atoms with Crippen LogP contribution >= 0.6 is 7.52 Å². The average Bonchev–Trinajstić information content (AvgIpc) is 2.76.